The molecule has 0 saturated heterocycles. The predicted molar refractivity (Wildman–Crippen MR) is 98.1 cm³/mol. The molecule has 0 radical (unpaired) electrons. The summed E-state index contributed by atoms with van der Waals surface area (Å²) in [5.41, 5.74) is 4.07. The van der Waals surface area contributed by atoms with Crippen LogP contribution in [0.4, 0.5) is 5.69 Å². The molecule has 2 amide bonds. The summed E-state index contributed by atoms with van der Waals surface area (Å²) in [4.78, 5) is 29.7. The van der Waals surface area contributed by atoms with Gasteiger partial charge in [-0.15, -0.1) is 0 Å². The van der Waals surface area contributed by atoms with Crippen molar-refractivity contribution in [3.63, 3.8) is 0 Å². The van der Waals surface area contributed by atoms with Gasteiger partial charge >= 0.3 is 0 Å². The second kappa shape index (κ2) is 8.82. The zero-order valence-corrected chi connectivity index (χ0v) is 14.9. The van der Waals surface area contributed by atoms with Gasteiger partial charge in [-0.1, -0.05) is 24.3 Å². The Hall–Kier alpha value is -2.89. The van der Waals surface area contributed by atoms with Crippen LogP contribution in [0.3, 0.4) is 0 Å². The molecule has 0 saturated carbocycles. The van der Waals surface area contributed by atoms with E-state index < -0.39 is 0 Å². The third kappa shape index (κ3) is 5.60. The monoisotopic (exact) mass is 340 g/mol. The van der Waals surface area contributed by atoms with Crippen molar-refractivity contribution in [2.75, 3.05) is 25.5 Å². The van der Waals surface area contributed by atoms with Gasteiger partial charge in [0, 0.05) is 31.7 Å². The molecule has 0 bridgehead atoms. The lowest BCUT2D eigenvalue weighted by atomic mass is 10.1. The Morgan fingerprint density at radius 3 is 2.44 bits per heavy atom. The Labute approximate surface area is 148 Å². The van der Waals surface area contributed by atoms with Gasteiger partial charge in [-0.3, -0.25) is 14.6 Å². The summed E-state index contributed by atoms with van der Waals surface area (Å²) in [5.74, 6) is -0.366. The zero-order valence-electron chi connectivity index (χ0n) is 14.9. The number of nitrogens with zero attached hydrogens (tertiary/aromatic N) is 2. The van der Waals surface area contributed by atoms with Crippen molar-refractivity contribution < 1.29 is 9.59 Å². The van der Waals surface area contributed by atoms with E-state index in [4.69, 9.17) is 0 Å². The predicted octanol–water partition coefficient (Wildman–Crippen LogP) is 1.89. The highest BCUT2D eigenvalue weighted by molar-refractivity contribution is 5.86. The minimum Gasteiger partial charge on any atom is -0.376 e. The van der Waals surface area contributed by atoms with Crippen LogP contribution in [0.15, 0.2) is 42.7 Å². The molecule has 1 aromatic carbocycles. The van der Waals surface area contributed by atoms with Gasteiger partial charge in [0.2, 0.25) is 11.8 Å². The topological polar surface area (TPSA) is 74.3 Å². The number of aromatic nitrogens is 1. The molecule has 1 heterocycles. The summed E-state index contributed by atoms with van der Waals surface area (Å²) in [5, 5.41) is 5.78. The van der Waals surface area contributed by atoms with Gasteiger partial charge in [0.15, 0.2) is 0 Å². The van der Waals surface area contributed by atoms with Gasteiger partial charge in [0.25, 0.3) is 0 Å². The van der Waals surface area contributed by atoms with Crippen molar-refractivity contribution in [2.24, 2.45) is 0 Å². The molecule has 0 spiro atoms. The fourth-order valence-electron chi connectivity index (χ4n) is 2.49. The number of carbonyl (C=O) groups is 2. The van der Waals surface area contributed by atoms with Crippen LogP contribution < -0.4 is 10.6 Å². The van der Waals surface area contributed by atoms with Crippen molar-refractivity contribution in [3.05, 3.63) is 59.4 Å². The molecule has 0 fully saturated rings. The van der Waals surface area contributed by atoms with Crippen LogP contribution in [0.25, 0.3) is 0 Å². The Bertz CT molecular complexity index is 711. The molecule has 0 aliphatic heterocycles. The summed E-state index contributed by atoms with van der Waals surface area (Å²) >= 11 is 0. The molecule has 2 aromatic rings. The maximum atomic E-state index is 12.1. The normalized spacial score (nSPS) is 10.2. The summed E-state index contributed by atoms with van der Waals surface area (Å²) in [6.45, 7) is 4.55. The molecular weight excluding hydrogens is 316 g/mol. The molecule has 6 nitrogen and oxygen atoms in total. The SMILES string of the molecule is Cc1cccc(C)c1NCC(=O)NCC(=O)N(C)Cc1cccnc1. The summed E-state index contributed by atoms with van der Waals surface area (Å²) in [7, 11) is 1.70. The third-order valence-corrected chi connectivity index (χ3v) is 3.91. The van der Waals surface area contributed by atoms with Gasteiger partial charge in [-0.2, -0.15) is 0 Å². The second-order valence-electron chi connectivity index (χ2n) is 6.01. The number of benzene rings is 1. The summed E-state index contributed by atoms with van der Waals surface area (Å²) < 4.78 is 0. The van der Waals surface area contributed by atoms with E-state index in [0.717, 1.165) is 22.4 Å². The Morgan fingerprint density at radius 2 is 1.80 bits per heavy atom. The Morgan fingerprint density at radius 1 is 1.08 bits per heavy atom. The minimum absolute atomic E-state index is 0.0238. The third-order valence-electron chi connectivity index (χ3n) is 3.91. The molecule has 0 atom stereocenters. The van der Waals surface area contributed by atoms with E-state index in [1.54, 1.807) is 24.3 Å². The number of para-hydroxylation sites is 1. The largest absolute Gasteiger partial charge is 0.376 e. The van der Waals surface area contributed by atoms with Crippen molar-refractivity contribution in [1.29, 1.82) is 0 Å². The molecule has 1 aromatic heterocycles. The summed E-state index contributed by atoms with van der Waals surface area (Å²) in [6.07, 6.45) is 3.41. The number of likely N-dealkylation sites (N-methyl/N-ethyl adjacent to an activating group) is 1. The van der Waals surface area contributed by atoms with Crippen LogP contribution in [-0.2, 0) is 16.1 Å². The van der Waals surface area contributed by atoms with E-state index in [-0.39, 0.29) is 24.9 Å². The standard InChI is InChI=1S/C19H24N4O2/c1-14-6-4-7-15(2)19(14)22-11-17(24)21-12-18(25)23(3)13-16-8-5-9-20-10-16/h4-10,22H,11-13H2,1-3H3,(H,21,24). The average Bonchev–Trinajstić information content (AvgIpc) is 2.60. The van der Waals surface area contributed by atoms with E-state index in [1.807, 2.05) is 44.2 Å². The van der Waals surface area contributed by atoms with Crippen LogP contribution in [-0.4, -0.2) is 41.8 Å². The highest BCUT2D eigenvalue weighted by atomic mass is 16.2. The van der Waals surface area contributed by atoms with Crippen LogP contribution >= 0.6 is 0 Å². The minimum atomic E-state index is -0.217. The number of rotatable bonds is 7. The number of amides is 2. The van der Waals surface area contributed by atoms with Gasteiger partial charge in [0.05, 0.1) is 13.1 Å². The van der Waals surface area contributed by atoms with Crippen molar-refractivity contribution in [1.82, 2.24) is 15.2 Å². The lowest BCUT2D eigenvalue weighted by Crippen LogP contribution is -2.39. The van der Waals surface area contributed by atoms with E-state index in [0.29, 0.717) is 6.54 Å². The summed E-state index contributed by atoms with van der Waals surface area (Å²) in [6, 6.07) is 9.69. The number of pyridine rings is 1. The lowest BCUT2D eigenvalue weighted by Gasteiger charge is -2.18. The number of hydrogen-bond acceptors (Lipinski definition) is 4. The maximum absolute atomic E-state index is 12.1. The van der Waals surface area contributed by atoms with Crippen molar-refractivity contribution in [2.45, 2.75) is 20.4 Å². The van der Waals surface area contributed by atoms with Crippen LogP contribution in [0.5, 0.6) is 0 Å². The number of carbonyl (C=O) groups excluding carboxylic acids is 2. The number of anilines is 1. The van der Waals surface area contributed by atoms with E-state index in [9.17, 15) is 9.59 Å². The van der Waals surface area contributed by atoms with Gasteiger partial charge in [-0.05, 0) is 36.6 Å². The molecule has 25 heavy (non-hydrogen) atoms. The van der Waals surface area contributed by atoms with Crippen molar-refractivity contribution >= 4 is 17.5 Å². The molecule has 2 rings (SSSR count). The van der Waals surface area contributed by atoms with Gasteiger partial charge in [-0.25, -0.2) is 0 Å². The van der Waals surface area contributed by atoms with Crippen molar-refractivity contribution in [3.8, 4) is 0 Å². The van der Waals surface area contributed by atoms with E-state index in [2.05, 4.69) is 15.6 Å². The van der Waals surface area contributed by atoms with E-state index in [1.165, 1.54) is 0 Å². The molecule has 2 N–H and O–H groups in total. The molecular formula is C19H24N4O2. The fraction of sp³-hybridized carbons (Fsp3) is 0.316. The van der Waals surface area contributed by atoms with Crippen LogP contribution in [0.2, 0.25) is 0 Å². The Balaban J connectivity index is 1.76. The van der Waals surface area contributed by atoms with Crippen LogP contribution in [0, 0.1) is 13.8 Å². The average molecular weight is 340 g/mol. The zero-order chi connectivity index (χ0) is 18.2. The lowest BCUT2D eigenvalue weighted by molar-refractivity contribution is -0.131. The number of hydrogen-bond donors (Lipinski definition) is 2. The highest BCUT2D eigenvalue weighted by Gasteiger charge is 2.11. The molecule has 0 unspecified atom stereocenters. The van der Waals surface area contributed by atoms with Gasteiger partial charge in [0.1, 0.15) is 0 Å². The first kappa shape index (κ1) is 18.4. The molecule has 132 valence electrons. The number of aryl methyl sites for hydroxylation is 2. The Kier molecular flexibility index (Phi) is 6.51. The molecule has 6 heteroatoms. The smallest absolute Gasteiger partial charge is 0.242 e. The quantitative estimate of drug-likeness (QED) is 0.807. The second-order valence-corrected chi connectivity index (χ2v) is 6.01. The highest BCUT2D eigenvalue weighted by Crippen LogP contribution is 2.18. The molecule has 0 aliphatic rings. The number of nitrogens with one attached hydrogen (secondary N) is 2. The van der Waals surface area contributed by atoms with Gasteiger partial charge < -0.3 is 15.5 Å². The maximum Gasteiger partial charge on any atom is 0.242 e. The first-order valence-corrected chi connectivity index (χ1v) is 8.17. The first-order valence-electron chi connectivity index (χ1n) is 8.17. The molecule has 0 aliphatic carbocycles. The fourth-order valence-corrected chi connectivity index (χ4v) is 2.49. The van der Waals surface area contributed by atoms with Crippen LogP contribution in [0.1, 0.15) is 16.7 Å². The van der Waals surface area contributed by atoms with E-state index >= 15 is 0 Å². The first-order chi connectivity index (χ1) is 12.0.